The number of rotatable bonds is 5. The second kappa shape index (κ2) is 9.32. The molecule has 6 heterocycles. The number of aryl methyl sites for hydroxylation is 3. The molecule has 6 rings (SSSR count). The van der Waals surface area contributed by atoms with Gasteiger partial charge in [0.05, 0.1) is 30.1 Å². The number of esters is 1. The minimum Gasteiger partial charge on any atom is -0.464 e. The average Bonchev–Trinajstić information content (AvgIpc) is 3.56. The van der Waals surface area contributed by atoms with Crippen molar-refractivity contribution in [3.8, 4) is 11.1 Å². The molecule has 0 radical (unpaired) electrons. The molecule has 0 spiro atoms. The van der Waals surface area contributed by atoms with Crippen LogP contribution >= 0.6 is 0 Å². The molecule has 196 valence electrons. The number of halogens is 1. The average molecular weight is 519 g/mol. The molecule has 11 heteroatoms. The minimum absolute atomic E-state index is 0.0135. The second-order valence-electron chi connectivity index (χ2n) is 9.59. The van der Waals surface area contributed by atoms with Gasteiger partial charge < -0.3 is 18.6 Å². The molecule has 0 bridgehead atoms. The third-order valence-electron chi connectivity index (χ3n) is 7.37. The van der Waals surface area contributed by atoms with Crippen LogP contribution in [-0.2, 0) is 16.5 Å². The van der Waals surface area contributed by atoms with E-state index in [1.54, 1.807) is 30.2 Å². The molecule has 1 saturated heterocycles. The molecule has 0 aliphatic carbocycles. The van der Waals surface area contributed by atoms with Gasteiger partial charge in [0.1, 0.15) is 28.1 Å². The third kappa shape index (κ3) is 3.68. The summed E-state index contributed by atoms with van der Waals surface area (Å²) in [7, 11) is 3.07. The molecule has 0 aromatic carbocycles. The van der Waals surface area contributed by atoms with Crippen LogP contribution < -0.4 is 0 Å². The Morgan fingerprint density at radius 1 is 1.21 bits per heavy atom. The van der Waals surface area contributed by atoms with Gasteiger partial charge in [-0.2, -0.15) is 5.10 Å². The van der Waals surface area contributed by atoms with Gasteiger partial charge in [-0.05, 0) is 50.8 Å². The summed E-state index contributed by atoms with van der Waals surface area (Å²) < 4.78 is 35.2. The topological polar surface area (TPSA) is 110 Å². The molecule has 1 aliphatic heterocycles. The van der Waals surface area contributed by atoms with Crippen LogP contribution in [-0.4, -0.2) is 55.8 Å². The Morgan fingerprint density at radius 3 is 2.68 bits per heavy atom. The van der Waals surface area contributed by atoms with Crippen molar-refractivity contribution in [3.05, 3.63) is 59.3 Å². The SMILES string of the molecule is COC(=O)c1nn(C)c2c3ncc(-c4c(C)noc4C)cc3n(C(c3ncccc3F)C3CCOCC3)c12. The molecule has 0 saturated carbocycles. The Morgan fingerprint density at radius 2 is 2.00 bits per heavy atom. The van der Waals surface area contributed by atoms with E-state index in [-0.39, 0.29) is 11.6 Å². The first-order valence-electron chi connectivity index (χ1n) is 12.5. The molecule has 38 heavy (non-hydrogen) atoms. The van der Waals surface area contributed by atoms with Gasteiger partial charge in [0.25, 0.3) is 0 Å². The number of hydrogen-bond donors (Lipinski definition) is 0. The molecule has 1 unspecified atom stereocenters. The van der Waals surface area contributed by atoms with Crippen LogP contribution in [0, 0.1) is 25.6 Å². The Kier molecular flexibility index (Phi) is 5.94. The summed E-state index contributed by atoms with van der Waals surface area (Å²) in [5, 5.41) is 8.59. The van der Waals surface area contributed by atoms with Gasteiger partial charge in [-0.3, -0.25) is 14.6 Å². The zero-order chi connectivity index (χ0) is 26.6. The van der Waals surface area contributed by atoms with Gasteiger partial charge >= 0.3 is 5.97 Å². The summed E-state index contributed by atoms with van der Waals surface area (Å²) >= 11 is 0. The highest BCUT2D eigenvalue weighted by Crippen LogP contribution is 2.42. The van der Waals surface area contributed by atoms with Crippen LogP contribution in [0.1, 0.15) is 46.5 Å². The zero-order valence-corrected chi connectivity index (χ0v) is 21.6. The largest absolute Gasteiger partial charge is 0.464 e. The highest BCUT2D eigenvalue weighted by molar-refractivity contribution is 6.12. The second-order valence-corrected chi connectivity index (χ2v) is 9.59. The van der Waals surface area contributed by atoms with Crippen LogP contribution in [0.25, 0.3) is 33.2 Å². The third-order valence-corrected chi connectivity index (χ3v) is 7.37. The quantitative estimate of drug-likeness (QED) is 0.312. The summed E-state index contributed by atoms with van der Waals surface area (Å²) in [6.45, 7) is 4.83. The predicted molar refractivity (Wildman–Crippen MR) is 136 cm³/mol. The maximum atomic E-state index is 15.5. The summed E-state index contributed by atoms with van der Waals surface area (Å²) in [5.74, 6) is -0.351. The van der Waals surface area contributed by atoms with E-state index in [1.807, 2.05) is 24.5 Å². The van der Waals surface area contributed by atoms with E-state index in [2.05, 4.69) is 15.2 Å². The van der Waals surface area contributed by atoms with Crippen molar-refractivity contribution in [2.45, 2.75) is 32.7 Å². The zero-order valence-electron chi connectivity index (χ0n) is 21.6. The van der Waals surface area contributed by atoms with Gasteiger partial charge in [-0.15, -0.1) is 0 Å². The number of aromatic nitrogens is 6. The Hall–Kier alpha value is -4.12. The van der Waals surface area contributed by atoms with Gasteiger partial charge in [0.15, 0.2) is 5.69 Å². The first-order chi connectivity index (χ1) is 18.4. The molecular weight excluding hydrogens is 491 g/mol. The Balaban J connectivity index is 1.74. The van der Waals surface area contributed by atoms with Gasteiger partial charge in [0, 0.05) is 43.8 Å². The highest BCUT2D eigenvalue weighted by atomic mass is 19.1. The minimum atomic E-state index is -0.585. The summed E-state index contributed by atoms with van der Waals surface area (Å²) in [6.07, 6.45) is 4.75. The summed E-state index contributed by atoms with van der Waals surface area (Å²) in [6, 6.07) is 4.43. The fraction of sp³-hybridized carbons (Fsp3) is 0.370. The number of carbonyl (C=O) groups is 1. The predicted octanol–water partition coefficient (Wildman–Crippen LogP) is 4.53. The molecule has 1 atom stereocenters. The fourth-order valence-corrected chi connectivity index (χ4v) is 5.70. The maximum Gasteiger partial charge on any atom is 0.360 e. The van der Waals surface area contributed by atoms with Crippen LogP contribution in [0.2, 0.25) is 0 Å². The summed E-state index contributed by atoms with van der Waals surface area (Å²) in [4.78, 5) is 22.3. The van der Waals surface area contributed by atoms with E-state index >= 15 is 4.39 Å². The van der Waals surface area contributed by atoms with E-state index in [0.717, 1.165) is 22.3 Å². The van der Waals surface area contributed by atoms with Crippen molar-refractivity contribution in [1.82, 2.24) is 29.5 Å². The lowest BCUT2D eigenvalue weighted by Crippen LogP contribution is -2.28. The van der Waals surface area contributed by atoms with Crippen LogP contribution in [0.5, 0.6) is 0 Å². The van der Waals surface area contributed by atoms with Gasteiger partial charge in [0.2, 0.25) is 0 Å². The fourth-order valence-electron chi connectivity index (χ4n) is 5.70. The highest BCUT2D eigenvalue weighted by Gasteiger charge is 2.36. The van der Waals surface area contributed by atoms with E-state index in [1.165, 1.54) is 13.2 Å². The van der Waals surface area contributed by atoms with Crippen molar-refractivity contribution in [2.75, 3.05) is 20.3 Å². The van der Waals surface area contributed by atoms with E-state index in [9.17, 15) is 4.79 Å². The lowest BCUT2D eigenvalue weighted by molar-refractivity contribution is 0.0539. The van der Waals surface area contributed by atoms with Crippen LogP contribution in [0.4, 0.5) is 4.39 Å². The molecule has 0 N–H and O–H groups in total. The van der Waals surface area contributed by atoms with E-state index < -0.39 is 17.8 Å². The molecule has 0 amide bonds. The monoisotopic (exact) mass is 518 g/mol. The van der Waals surface area contributed by atoms with Gasteiger partial charge in [-0.25, -0.2) is 9.18 Å². The number of carbonyl (C=O) groups excluding carboxylic acids is 1. The number of methoxy groups -OCH3 is 1. The molecule has 5 aromatic rings. The maximum absolute atomic E-state index is 15.5. The van der Waals surface area contributed by atoms with Crippen molar-refractivity contribution in [1.29, 1.82) is 0 Å². The lowest BCUT2D eigenvalue weighted by Gasteiger charge is -2.32. The molecular formula is C27H27FN6O4. The van der Waals surface area contributed by atoms with Crippen LogP contribution in [0.3, 0.4) is 0 Å². The van der Waals surface area contributed by atoms with Gasteiger partial charge in [-0.1, -0.05) is 5.16 Å². The van der Waals surface area contributed by atoms with E-state index in [0.29, 0.717) is 54.1 Å². The van der Waals surface area contributed by atoms with Crippen molar-refractivity contribution in [3.63, 3.8) is 0 Å². The first-order valence-corrected chi connectivity index (χ1v) is 12.5. The first kappa shape index (κ1) is 24.2. The Labute approximate surface area is 217 Å². The Bertz CT molecular complexity index is 1660. The number of ether oxygens (including phenoxy) is 2. The van der Waals surface area contributed by atoms with Crippen molar-refractivity contribution >= 4 is 28.0 Å². The van der Waals surface area contributed by atoms with E-state index in [4.69, 9.17) is 19.0 Å². The number of hydrogen-bond acceptors (Lipinski definition) is 8. The number of pyridine rings is 2. The van der Waals surface area contributed by atoms with Crippen molar-refractivity contribution < 1.29 is 23.2 Å². The smallest absolute Gasteiger partial charge is 0.360 e. The molecule has 1 fully saturated rings. The molecule has 10 nitrogen and oxygen atoms in total. The summed E-state index contributed by atoms with van der Waals surface area (Å²) in [5.41, 5.74) is 5.34. The van der Waals surface area contributed by atoms with Crippen molar-refractivity contribution in [2.24, 2.45) is 13.0 Å². The lowest BCUT2D eigenvalue weighted by atomic mass is 9.88. The molecule has 1 aliphatic rings. The standard InChI is InChI=1S/C27H27FN6O4/c1-14-20(15(2)38-32-14)17-12-19-22(30-13-17)25-26(23(27(35)36-4)31-33(25)3)34(19)24(16-7-10-37-11-8-16)21-18(28)6-5-9-29-21/h5-6,9,12-13,16,24H,7-8,10-11H2,1-4H3. The number of nitrogens with zero attached hydrogens (tertiary/aromatic N) is 6. The number of fused-ring (bicyclic) bond motifs is 3. The molecule has 5 aromatic heterocycles. The normalized spacial score (nSPS) is 15.4. The van der Waals surface area contributed by atoms with Crippen LogP contribution in [0.15, 0.2) is 35.1 Å².